The molecule has 2 aromatic carbocycles. The third-order valence-corrected chi connectivity index (χ3v) is 5.46. The van der Waals surface area contributed by atoms with Crippen molar-refractivity contribution in [3.8, 4) is 17.1 Å². The van der Waals surface area contributed by atoms with Crippen molar-refractivity contribution < 1.29 is 37.1 Å². The van der Waals surface area contributed by atoms with Crippen LogP contribution >= 0.6 is 0 Å². The highest BCUT2D eigenvalue weighted by molar-refractivity contribution is 6.03. The maximum absolute atomic E-state index is 13.2. The van der Waals surface area contributed by atoms with E-state index in [1.165, 1.54) is 12.1 Å². The van der Waals surface area contributed by atoms with Crippen molar-refractivity contribution in [2.45, 2.75) is 12.7 Å². The lowest BCUT2D eigenvalue weighted by Crippen LogP contribution is -2.49. The van der Waals surface area contributed by atoms with Crippen molar-refractivity contribution in [2.24, 2.45) is 5.92 Å². The molecule has 1 amide bonds. The number of carbonyl (C=O) groups is 2. The maximum atomic E-state index is 13.2. The zero-order chi connectivity index (χ0) is 24.5. The van der Waals surface area contributed by atoms with Crippen molar-refractivity contribution in [3.63, 3.8) is 0 Å². The number of likely N-dealkylation sites (tertiary alicyclic amines) is 1. The van der Waals surface area contributed by atoms with E-state index < -0.39 is 23.6 Å². The molecule has 0 spiro atoms. The van der Waals surface area contributed by atoms with Crippen molar-refractivity contribution in [2.75, 3.05) is 25.5 Å². The number of carboxylic acid groups (broad SMARTS) is 1. The predicted octanol–water partition coefficient (Wildman–Crippen LogP) is 4.14. The molecule has 34 heavy (non-hydrogen) atoms. The highest BCUT2D eigenvalue weighted by Gasteiger charge is 2.35. The first kappa shape index (κ1) is 23.3. The van der Waals surface area contributed by atoms with Crippen LogP contribution in [-0.2, 0) is 17.5 Å². The summed E-state index contributed by atoms with van der Waals surface area (Å²) in [6.45, 7) is 1.64. The summed E-state index contributed by atoms with van der Waals surface area (Å²) < 4.78 is 49.5. The molecule has 1 fully saturated rings. The molecule has 11 heteroatoms. The SMILES string of the molecule is COc1ccc(NC(=O)c2cc(-c3ccc(CN4CC(C(=O)O)C4)cc3)on2)cc1C(F)(F)F. The molecule has 1 aromatic heterocycles. The molecule has 2 N–H and O–H groups in total. The minimum atomic E-state index is -4.65. The number of hydrogen-bond donors (Lipinski definition) is 2. The summed E-state index contributed by atoms with van der Waals surface area (Å²) in [6.07, 6.45) is -4.65. The average Bonchev–Trinajstić information content (AvgIpc) is 3.26. The molecule has 2 heterocycles. The van der Waals surface area contributed by atoms with Crippen LogP contribution in [0.4, 0.5) is 18.9 Å². The Labute approximate surface area is 191 Å². The number of aromatic nitrogens is 1. The Balaban J connectivity index is 1.40. The Kier molecular flexibility index (Phi) is 6.29. The molecule has 8 nitrogen and oxygen atoms in total. The Morgan fingerprint density at radius 1 is 1.18 bits per heavy atom. The van der Waals surface area contributed by atoms with Crippen LogP contribution in [0, 0.1) is 5.92 Å². The summed E-state index contributed by atoms with van der Waals surface area (Å²) in [5.74, 6) is -1.87. The lowest BCUT2D eigenvalue weighted by Gasteiger charge is -2.36. The van der Waals surface area contributed by atoms with Gasteiger partial charge < -0.3 is 19.7 Å². The molecular formula is C23H20F3N3O5. The number of rotatable bonds is 7. The lowest BCUT2D eigenvalue weighted by molar-refractivity contribution is -0.147. The topological polar surface area (TPSA) is 105 Å². The van der Waals surface area contributed by atoms with E-state index in [4.69, 9.17) is 14.4 Å². The van der Waals surface area contributed by atoms with Gasteiger partial charge in [-0.15, -0.1) is 0 Å². The number of carbonyl (C=O) groups excluding carboxylic acids is 1. The van der Waals surface area contributed by atoms with Gasteiger partial charge in [0.25, 0.3) is 5.91 Å². The molecule has 3 aromatic rings. The van der Waals surface area contributed by atoms with Crippen LogP contribution in [0.2, 0.25) is 0 Å². The van der Waals surface area contributed by atoms with Crippen LogP contribution in [0.5, 0.6) is 5.75 Å². The van der Waals surface area contributed by atoms with Gasteiger partial charge in [-0.1, -0.05) is 29.4 Å². The fraction of sp³-hybridized carbons (Fsp3) is 0.261. The molecule has 0 saturated carbocycles. The molecule has 0 unspecified atom stereocenters. The zero-order valence-electron chi connectivity index (χ0n) is 17.9. The molecule has 1 saturated heterocycles. The van der Waals surface area contributed by atoms with E-state index in [1.54, 1.807) is 12.1 Å². The van der Waals surface area contributed by atoms with Gasteiger partial charge in [-0.3, -0.25) is 14.5 Å². The van der Waals surface area contributed by atoms with Gasteiger partial charge in [-0.2, -0.15) is 13.2 Å². The van der Waals surface area contributed by atoms with Crippen LogP contribution in [0.25, 0.3) is 11.3 Å². The van der Waals surface area contributed by atoms with E-state index in [2.05, 4.69) is 10.5 Å². The second-order valence-electron chi connectivity index (χ2n) is 7.87. The number of halogens is 3. The van der Waals surface area contributed by atoms with Gasteiger partial charge in [0.15, 0.2) is 11.5 Å². The maximum Gasteiger partial charge on any atom is 0.420 e. The summed E-state index contributed by atoms with van der Waals surface area (Å²) in [5.41, 5.74) is 0.480. The number of amides is 1. The summed E-state index contributed by atoms with van der Waals surface area (Å²) in [6, 6.07) is 11.9. The van der Waals surface area contributed by atoms with Gasteiger partial charge >= 0.3 is 12.1 Å². The van der Waals surface area contributed by atoms with Crippen molar-refractivity contribution >= 4 is 17.6 Å². The zero-order valence-corrected chi connectivity index (χ0v) is 17.9. The van der Waals surface area contributed by atoms with Crippen LogP contribution in [0.3, 0.4) is 0 Å². The van der Waals surface area contributed by atoms with Gasteiger partial charge in [-0.05, 0) is 23.8 Å². The number of methoxy groups -OCH3 is 1. The van der Waals surface area contributed by atoms with Crippen molar-refractivity contribution in [1.29, 1.82) is 0 Å². The minimum absolute atomic E-state index is 0.0665. The Morgan fingerprint density at radius 2 is 1.88 bits per heavy atom. The van der Waals surface area contributed by atoms with E-state index in [0.717, 1.165) is 24.8 Å². The Hall–Kier alpha value is -3.86. The Bertz CT molecular complexity index is 1200. The molecule has 0 radical (unpaired) electrons. The number of benzene rings is 2. The quantitative estimate of drug-likeness (QED) is 0.529. The van der Waals surface area contributed by atoms with Crippen LogP contribution in [-0.4, -0.2) is 47.2 Å². The highest BCUT2D eigenvalue weighted by Crippen LogP contribution is 2.37. The number of nitrogens with one attached hydrogen (secondary N) is 1. The smallest absolute Gasteiger partial charge is 0.420 e. The van der Waals surface area contributed by atoms with E-state index in [-0.39, 0.29) is 23.0 Å². The van der Waals surface area contributed by atoms with Crippen LogP contribution < -0.4 is 10.1 Å². The van der Waals surface area contributed by atoms with E-state index in [1.807, 2.05) is 17.0 Å². The number of alkyl halides is 3. The summed E-state index contributed by atoms with van der Waals surface area (Å²) >= 11 is 0. The first-order chi connectivity index (χ1) is 16.1. The van der Waals surface area contributed by atoms with Gasteiger partial charge in [0.1, 0.15) is 5.75 Å². The normalized spacial score (nSPS) is 14.5. The van der Waals surface area contributed by atoms with Crippen molar-refractivity contribution in [3.05, 3.63) is 65.4 Å². The number of nitrogens with zero attached hydrogens (tertiary/aromatic N) is 2. The molecule has 0 bridgehead atoms. The molecule has 1 aliphatic heterocycles. The van der Waals surface area contributed by atoms with Crippen molar-refractivity contribution in [1.82, 2.24) is 10.1 Å². The number of ether oxygens (including phenoxy) is 1. The summed E-state index contributed by atoms with van der Waals surface area (Å²) in [5, 5.41) is 15.0. The van der Waals surface area contributed by atoms with Gasteiger partial charge in [0, 0.05) is 37.0 Å². The third kappa shape index (κ3) is 5.04. The number of hydrogen-bond acceptors (Lipinski definition) is 6. The first-order valence-corrected chi connectivity index (χ1v) is 10.2. The van der Waals surface area contributed by atoms with Gasteiger partial charge in [0.2, 0.25) is 0 Å². The van der Waals surface area contributed by atoms with E-state index >= 15 is 0 Å². The van der Waals surface area contributed by atoms with Gasteiger partial charge in [-0.25, -0.2) is 0 Å². The van der Waals surface area contributed by atoms with E-state index in [0.29, 0.717) is 31.0 Å². The third-order valence-electron chi connectivity index (χ3n) is 5.46. The summed E-state index contributed by atoms with van der Waals surface area (Å²) in [4.78, 5) is 25.4. The molecule has 178 valence electrons. The second-order valence-corrected chi connectivity index (χ2v) is 7.87. The molecule has 0 aliphatic carbocycles. The fourth-order valence-electron chi connectivity index (χ4n) is 3.61. The van der Waals surface area contributed by atoms with Crippen LogP contribution in [0.1, 0.15) is 21.6 Å². The first-order valence-electron chi connectivity index (χ1n) is 10.2. The predicted molar refractivity (Wildman–Crippen MR) is 114 cm³/mol. The number of aliphatic carboxylic acids is 1. The average molecular weight is 475 g/mol. The molecular weight excluding hydrogens is 455 g/mol. The van der Waals surface area contributed by atoms with Gasteiger partial charge in [0.05, 0.1) is 18.6 Å². The van der Waals surface area contributed by atoms with Crippen LogP contribution in [0.15, 0.2) is 53.1 Å². The summed E-state index contributed by atoms with van der Waals surface area (Å²) in [7, 11) is 1.13. The molecule has 4 rings (SSSR count). The lowest BCUT2D eigenvalue weighted by atomic mass is 9.99. The standard InChI is InChI=1S/C23H20F3N3O5/c1-33-19-7-6-16(8-17(19)23(24,25)26)27-21(30)18-9-20(34-28-18)14-4-2-13(3-5-14)10-29-11-15(12-29)22(31)32/h2-9,15H,10-12H2,1H3,(H,27,30)(H,31,32). The van der Waals surface area contributed by atoms with E-state index in [9.17, 15) is 22.8 Å². The Morgan fingerprint density at radius 3 is 2.50 bits per heavy atom. The fourth-order valence-corrected chi connectivity index (χ4v) is 3.61. The molecule has 0 atom stereocenters. The highest BCUT2D eigenvalue weighted by atomic mass is 19.4. The number of anilines is 1. The largest absolute Gasteiger partial charge is 0.496 e. The monoisotopic (exact) mass is 475 g/mol. The second kappa shape index (κ2) is 9.18. The number of carboxylic acids is 1. The minimum Gasteiger partial charge on any atom is -0.496 e. The molecule has 1 aliphatic rings.